The van der Waals surface area contributed by atoms with Gasteiger partial charge in [-0.3, -0.25) is 14.5 Å². The Morgan fingerprint density at radius 1 is 1.03 bits per heavy atom. The molecule has 1 saturated heterocycles. The number of amides is 2. The molecule has 0 aliphatic carbocycles. The monoisotopic (exact) mass is 482 g/mol. The lowest BCUT2D eigenvalue weighted by atomic mass is 10.2. The zero-order valence-corrected chi connectivity index (χ0v) is 20.1. The first kappa shape index (κ1) is 23.0. The van der Waals surface area contributed by atoms with Crippen molar-refractivity contribution in [2.75, 3.05) is 20.3 Å². The molecule has 0 atom stereocenters. The molecule has 8 heteroatoms. The minimum atomic E-state index is -0.315. The third kappa shape index (κ3) is 4.79. The number of ether oxygens (including phenoxy) is 2. The van der Waals surface area contributed by atoms with Crippen molar-refractivity contribution in [1.82, 2.24) is 9.47 Å². The van der Waals surface area contributed by atoms with Gasteiger partial charge in [-0.25, -0.2) is 0 Å². The maximum absolute atomic E-state index is 12.9. The zero-order chi connectivity index (χ0) is 23.5. The van der Waals surface area contributed by atoms with E-state index in [1.54, 1.807) is 25.3 Å². The van der Waals surface area contributed by atoms with Crippen LogP contribution in [0.2, 0.25) is 5.02 Å². The molecule has 170 valence electrons. The second-order valence-electron chi connectivity index (χ2n) is 7.47. The normalized spacial score (nSPS) is 14.9. The Balaban J connectivity index is 1.49. The van der Waals surface area contributed by atoms with Gasteiger partial charge < -0.3 is 14.0 Å². The summed E-state index contributed by atoms with van der Waals surface area (Å²) in [5.41, 5.74) is 3.86. The third-order valence-electron chi connectivity index (χ3n) is 5.36. The lowest BCUT2D eigenvalue weighted by Crippen LogP contribution is -2.32. The molecule has 2 aromatic carbocycles. The fraction of sp³-hybridized carbons (Fsp3) is 0.200. The SMILES string of the molecule is COc1ccccc1OCCN1C(=O)S/C(=C\c2cc(C)n(-c3ccc(Cl)cc3)c2C)C1=O. The van der Waals surface area contributed by atoms with Gasteiger partial charge in [-0.05, 0) is 79.7 Å². The Morgan fingerprint density at radius 3 is 2.42 bits per heavy atom. The summed E-state index contributed by atoms with van der Waals surface area (Å²) in [7, 11) is 1.56. The van der Waals surface area contributed by atoms with Crippen LogP contribution in [0, 0.1) is 13.8 Å². The number of aromatic nitrogens is 1. The van der Waals surface area contributed by atoms with E-state index in [1.165, 1.54) is 4.90 Å². The number of methoxy groups -OCH3 is 1. The van der Waals surface area contributed by atoms with E-state index in [9.17, 15) is 9.59 Å². The zero-order valence-electron chi connectivity index (χ0n) is 18.5. The minimum Gasteiger partial charge on any atom is -0.493 e. The fourth-order valence-electron chi connectivity index (χ4n) is 3.74. The van der Waals surface area contributed by atoms with Gasteiger partial charge in [0.25, 0.3) is 11.1 Å². The van der Waals surface area contributed by atoms with Crippen LogP contribution in [0.1, 0.15) is 17.0 Å². The predicted molar refractivity (Wildman–Crippen MR) is 131 cm³/mol. The first-order valence-corrected chi connectivity index (χ1v) is 11.5. The Morgan fingerprint density at radius 2 is 1.73 bits per heavy atom. The fourth-order valence-corrected chi connectivity index (χ4v) is 4.72. The van der Waals surface area contributed by atoms with Crippen LogP contribution < -0.4 is 9.47 Å². The highest BCUT2D eigenvalue weighted by Gasteiger charge is 2.35. The summed E-state index contributed by atoms with van der Waals surface area (Å²) in [5.74, 6) is 0.852. The molecule has 0 unspecified atom stereocenters. The van der Waals surface area contributed by atoms with E-state index < -0.39 is 0 Å². The molecule has 1 aromatic heterocycles. The molecule has 1 aliphatic rings. The number of rotatable bonds is 7. The molecule has 2 heterocycles. The highest BCUT2D eigenvalue weighted by molar-refractivity contribution is 8.18. The maximum atomic E-state index is 12.9. The van der Waals surface area contributed by atoms with Crippen molar-refractivity contribution in [2.24, 2.45) is 0 Å². The Labute approximate surface area is 201 Å². The van der Waals surface area contributed by atoms with Crippen LogP contribution in [-0.4, -0.2) is 40.9 Å². The van der Waals surface area contributed by atoms with Crippen LogP contribution in [0.25, 0.3) is 11.8 Å². The lowest BCUT2D eigenvalue weighted by molar-refractivity contribution is -0.123. The average molecular weight is 483 g/mol. The molecule has 1 fully saturated rings. The van der Waals surface area contributed by atoms with Crippen LogP contribution in [0.15, 0.2) is 59.5 Å². The highest BCUT2D eigenvalue weighted by Crippen LogP contribution is 2.34. The van der Waals surface area contributed by atoms with Crippen molar-refractivity contribution in [2.45, 2.75) is 13.8 Å². The van der Waals surface area contributed by atoms with Gasteiger partial charge in [0.05, 0.1) is 18.6 Å². The van der Waals surface area contributed by atoms with Crippen molar-refractivity contribution in [1.29, 1.82) is 0 Å². The Bertz CT molecular complexity index is 1230. The third-order valence-corrected chi connectivity index (χ3v) is 6.52. The van der Waals surface area contributed by atoms with Crippen LogP contribution >= 0.6 is 23.4 Å². The van der Waals surface area contributed by atoms with Crippen molar-refractivity contribution in [3.63, 3.8) is 0 Å². The summed E-state index contributed by atoms with van der Waals surface area (Å²) >= 11 is 6.96. The van der Waals surface area contributed by atoms with Crippen molar-refractivity contribution >= 4 is 40.6 Å². The van der Waals surface area contributed by atoms with Crippen molar-refractivity contribution in [3.05, 3.63) is 81.5 Å². The van der Waals surface area contributed by atoms with E-state index in [0.29, 0.717) is 21.4 Å². The quantitative estimate of drug-likeness (QED) is 0.394. The number of carbonyl (C=O) groups is 2. The molecule has 4 rings (SSSR count). The van der Waals surface area contributed by atoms with Crippen LogP contribution in [-0.2, 0) is 4.79 Å². The molecule has 2 amide bonds. The number of hydrogen-bond donors (Lipinski definition) is 0. The number of aryl methyl sites for hydroxylation is 1. The number of halogens is 1. The van der Waals surface area contributed by atoms with Gasteiger partial charge in [0.1, 0.15) is 6.61 Å². The van der Waals surface area contributed by atoms with Crippen LogP contribution in [0.4, 0.5) is 4.79 Å². The molecular weight excluding hydrogens is 460 g/mol. The average Bonchev–Trinajstić information content (AvgIpc) is 3.23. The molecule has 3 aromatic rings. The van der Waals surface area contributed by atoms with Crippen molar-refractivity contribution in [3.8, 4) is 17.2 Å². The van der Waals surface area contributed by atoms with E-state index >= 15 is 0 Å². The molecule has 6 nitrogen and oxygen atoms in total. The topological polar surface area (TPSA) is 60.8 Å². The molecular formula is C25H23ClN2O4S. The smallest absolute Gasteiger partial charge is 0.293 e. The van der Waals surface area contributed by atoms with E-state index in [1.807, 2.05) is 56.3 Å². The number of carbonyl (C=O) groups excluding carboxylic acids is 2. The second-order valence-corrected chi connectivity index (χ2v) is 8.90. The highest BCUT2D eigenvalue weighted by atomic mass is 35.5. The summed E-state index contributed by atoms with van der Waals surface area (Å²) in [6, 6.07) is 16.8. The molecule has 1 aliphatic heterocycles. The maximum Gasteiger partial charge on any atom is 0.293 e. The number of benzene rings is 2. The summed E-state index contributed by atoms with van der Waals surface area (Å²) in [6.45, 7) is 4.32. The molecule has 0 bridgehead atoms. The first-order chi connectivity index (χ1) is 15.9. The molecule has 33 heavy (non-hydrogen) atoms. The second kappa shape index (κ2) is 9.77. The van der Waals surface area contributed by atoms with Gasteiger partial charge in [-0.15, -0.1) is 0 Å². The van der Waals surface area contributed by atoms with Gasteiger partial charge >= 0.3 is 0 Å². The van der Waals surface area contributed by atoms with E-state index in [2.05, 4.69) is 4.57 Å². The number of nitrogens with zero attached hydrogens (tertiary/aromatic N) is 2. The van der Waals surface area contributed by atoms with Gasteiger partial charge in [0, 0.05) is 22.1 Å². The summed E-state index contributed by atoms with van der Waals surface area (Å²) in [6.07, 6.45) is 1.78. The minimum absolute atomic E-state index is 0.157. The standard InChI is InChI=1S/C25H23ClN2O4S/c1-16-14-18(17(2)28(16)20-10-8-19(26)9-11-20)15-23-24(29)27(25(30)33-23)12-13-32-22-7-5-4-6-21(22)31-3/h4-11,14-15H,12-13H2,1-3H3/b23-15-. The Kier molecular flexibility index (Phi) is 6.81. The van der Waals surface area contributed by atoms with Gasteiger partial charge in [-0.1, -0.05) is 23.7 Å². The van der Waals surface area contributed by atoms with E-state index in [-0.39, 0.29) is 24.3 Å². The number of imide groups is 1. The first-order valence-electron chi connectivity index (χ1n) is 10.3. The number of para-hydroxylation sites is 2. The van der Waals surface area contributed by atoms with E-state index in [4.69, 9.17) is 21.1 Å². The predicted octanol–water partition coefficient (Wildman–Crippen LogP) is 5.87. The molecule has 0 saturated carbocycles. The number of thioether (sulfide) groups is 1. The van der Waals surface area contributed by atoms with E-state index in [0.717, 1.165) is 34.4 Å². The van der Waals surface area contributed by atoms with Gasteiger partial charge in [0.2, 0.25) is 0 Å². The van der Waals surface area contributed by atoms with Crippen molar-refractivity contribution < 1.29 is 19.1 Å². The van der Waals surface area contributed by atoms with Crippen LogP contribution in [0.3, 0.4) is 0 Å². The summed E-state index contributed by atoms with van der Waals surface area (Å²) < 4.78 is 13.1. The van der Waals surface area contributed by atoms with Gasteiger partial charge in [0.15, 0.2) is 11.5 Å². The largest absolute Gasteiger partial charge is 0.493 e. The summed E-state index contributed by atoms with van der Waals surface area (Å²) in [4.78, 5) is 27.0. The number of hydrogen-bond acceptors (Lipinski definition) is 5. The van der Waals surface area contributed by atoms with Gasteiger partial charge in [-0.2, -0.15) is 0 Å². The molecule has 0 N–H and O–H groups in total. The summed E-state index contributed by atoms with van der Waals surface area (Å²) in [5, 5.41) is 0.367. The lowest BCUT2D eigenvalue weighted by Gasteiger charge is -2.14. The molecule has 0 spiro atoms. The Hall–Kier alpha value is -3.16. The molecule has 0 radical (unpaired) electrons. The van der Waals surface area contributed by atoms with Crippen LogP contribution in [0.5, 0.6) is 11.5 Å².